The number of ether oxygens (including phenoxy) is 1. The lowest BCUT2D eigenvalue weighted by Gasteiger charge is -2.22. The van der Waals surface area contributed by atoms with Crippen LogP contribution in [0, 0.1) is 10.1 Å². The van der Waals surface area contributed by atoms with Gasteiger partial charge in [0, 0.05) is 32.5 Å². The van der Waals surface area contributed by atoms with E-state index in [1.165, 1.54) is 25.2 Å². The minimum absolute atomic E-state index is 0.293. The van der Waals surface area contributed by atoms with Gasteiger partial charge in [-0.05, 0) is 18.6 Å². The number of anilines is 1. The molecule has 8 nitrogen and oxygen atoms in total. The second kappa shape index (κ2) is 5.96. The second-order valence-electron chi connectivity index (χ2n) is 4.73. The molecule has 0 amide bonds. The Hall–Kier alpha value is -1.71. The Balaban J connectivity index is 2.46. The largest absolute Gasteiger partial charge is 0.388 e. The maximum atomic E-state index is 12.6. The number of sulfonamides is 1. The molecule has 0 radical (unpaired) electrons. The molecule has 0 aliphatic carbocycles. The van der Waals surface area contributed by atoms with Gasteiger partial charge < -0.3 is 10.1 Å². The fourth-order valence-corrected chi connectivity index (χ4v) is 3.70. The Morgan fingerprint density at radius 3 is 2.71 bits per heavy atom. The molecule has 2 rings (SSSR count). The van der Waals surface area contributed by atoms with Crippen molar-refractivity contribution in [2.24, 2.45) is 0 Å². The van der Waals surface area contributed by atoms with Gasteiger partial charge in [0.1, 0.15) is 0 Å². The summed E-state index contributed by atoms with van der Waals surface area (Å²) in [6, 6.07) is 3.68. The molecule has 9 heteroatoms. The summed E-state index contributed by atoms with van der Waals surface area (Å²) < 4.78 is 31.5. The number of likely N-dealkylation sites (N-methyl/N-ethyl adjacent to an activating group) is 1. The zero-order valence-corrected chi connectivity index (χ0v) is 12.6. The number of hydrogen-bond donors (Lipinski definition) is 1. The van der Waals surface area contributed by atoms with Gasteiger partial charge in [-0.3, -0.25) is 10.1 Å². The molecule has 1 heterocycles. The van der Waals surface area contributed by atoms with E-state index >= 15 is 0 Å². The van der Waals surface area contributed by atoms with Gasteiger partial charge in [0.05, 0.1) is 17.6 Å². The molecular formula is C12H17N3O5S. The van der Waals surface area contributed by atoms with E-state index in [0.717, 1.165) is 4.31 Å². The monoisotopic (exact) mass is 315 g/mol. The highest BCUT2D eigenvalue weighted by molar-refractivity contribution is 7.89. The lowest BCUT2D eigenvalue weighted by Crippen LogP contribution is -2.37. The highest BCUT2D eigenvalue weighted by Crippen LogP contribution is 2.30. The van der Waals surface area contributed by atoms with Crippen molar-refractivity contribution in [2.45, 2.75) is 17.4 Å². The number of rotatable bonds is 5. The second-order valence-corrected chi connectivity index (χ2v) is 6.69. The minimum Gasteiger partial charge on any atom is -0.388 e. The van der Waals surface area contributed by atoms with E-state index in [1.807, 2.05) is 0 Å². The normalized spacial score (nSPS) is 18.9. The molecule has 0 saturated carbocycles. The van der Waals surface area contributed by atoms with Gasteiger partial charge in [-0.2, -0.15) is 4.31 Å². The van der Waals surface area contributed by atoms with Crippen LogP contribution in [0.2, 0.25) is 0 Å². The van der Waals surface area contributed by atoms with Crippen molar-refractivity contribution in [1.29, 1.82) is 0 Å². The van der Waals surface area contributed by atoms with E-state index in [1.54, 1.807) is 7.05 Å². The standard InChI is InChI=1S/C12H17N3O5S/c1-13-9-3-4-12(11(7-9)15(16)17)21(18,19)14(2)10-5-6-20-8-10/h3-4,7,10,13H,5-6,8H2,1-2H3. The highest BCUT2D eigenvalue weighted by atomic mass is 32.2. The molecule has 1 N–H and O–H groups in total. The van der Waals surface area contributed by atoms with E-state index in [9.17, 15) is 18.5 Å². The van der Waals surface area contributed by atoms with E-state index < -0.39 is 20.6 Å². The van der Waals surface area contributed by atoms with Crippen molar-refractivity contribution < 1.29 is 18.1 Å². The van der Waals surface area contributed by atoms with Gasteiger partial charge in [0.2, 0.25) is 10.0 Å². The molecule has 0 bridgehead atoms. The van der Waals surface area contributed by atoms with Crippen molar-refractivity contribution >= 4 is 21.4 Å². The number of nitro groups is 1. The summed E-state index contributed by atoms with van der Waals surface area (Å²) in [5, 5.41) is 13.9. The van der Waals surface area contributed by atoms with Crippen molar-refractivity contribution in [1.82, 2.24) is 4.31 Å². The van der Waals surface area contributed by atoms with Gasteiger partial charge >= 0.3 is 0 Å². The first-order chi connectivity index (χ1) is 9.87. The van der Waals surface area contributed by atoms with E-state index in [0.29, 0.717) is 25.3 Å². The Labute approximate surface area is 122 Å². The number of hydrogen-bond acceptors (Lipinski definition) is 6. The van der Waals surface area contributed by atoms with Crippen LogP contribution >= 0.6 is 0 Å². The van der Waals surface area contributed by atoms with Crippen LogP contribution < -0.4 is 5.32 Å². The zero-order chi connectivity index (χ0) is 15.6. The Morgan fingerprint density at radius 1 is 1.48 bits per heavy atom. The maximum absolute atomic E-state index is 12.6. The number of nitrogens with zero attached hydrogens (tertiary/aromatic N) is 2. The lowest BCUT2D eigenvalue weighted by atomic mass is 10.3. The Morgan fingerprint density at radius 2 is 2.19 bits per heavy atom. The molecule has 0 aromatic heterocycles. The molecule has 116 valence electrons. The first-order valence-electron chi connectivity index (χ1n) is 6.40. The zero-order valence-electron chi connectivity index (χ0n) is 11.8. The fourth-order valence-electron chi connectivity index (χ4n) is 2.19. The lowest BCUT2D eigenvalue weighted by molar-refractivity contribution is -0.387. The van der Waals surface area contributed by atoms with E-state index in [2.05, 4.69) is 5.32 Å². The van der Waals surface area contributed by atoms with Gasteiger partial charge in [-0.25, -0.2) is 8.42 Å². The minimum atomic E-state index is -3.94. The molecule has 1 aliphatic rings. The summed E-state index contributed by atoms with van der Waals surface area (Å²) in [7, 11) is -0.912. The fraction of sp³-hybridized carbons (Fsp3) is 0.500. The third kappa shape index (κ3) is 2.99. The number of nitro benzene ring substituents is 1. The van der Waals surface area contributed by atoms with Crippen LogP contribution in [-0.4, -0.2) is 51.0 Å². The molecule has 1 saturated heterocycles. The molecule has 1 aliphatic heterocycles. The van der Waals surface area contributed by atoms with Crippen LogP contribution in [0.3, 0.4) is 0 Å². The molecule has 0 spiro atoms. The third-order valence-electron chi connectivity index (χ3n) is 3.52. The summed E-state index contributed by atoms with van der Waals surface area (Å²) in [6.07, 6.45) is 0.581. The molecule has 1 aromatic rings. The predicted molar refractivity (Wildman–Crippen MR) is 76.8 cm³/mol. The summed E-state index contributed by atoms with van der Waals surface area (Å²) in [6.45, 7) is 0.795. The maximum Gasteiger partial charge on any atom is 0.291 e. The van der Waals surface area contributed by atoms with E-state index in [4.69, 9.17) is 4.74 Å². The summed E-state index contributed by atoms with van der Waals surface area (Å²) in [5.74, 6) is 0. The number of nitrogens with one attached hydrogen (secondary N) is 1. The SMILES string of the molecule is CNc1ccc(S(=O)(=O)N(C)C2CCOC2)c([N+](=O)[O-])c1. The van der Waals surface area contributed by atoms with Gasteiger partial charge in [-0.15, -0.1) is 0 Å². The molecule has 1 aromatic carbocycles. The van der Waals surface area contributed by atoms with Gasteiger partial charge in [0.25, 0.3) is 5.69 Å². The summed E-state index contributed by atoms with van der Waals surface area (Å²) in [4.78, 5) is 10.2. The topological polar surface area (TPSA) is 102 Å². The summed E-state index contributed by atoms with van der Waals surface area (Å²) in [5.41, 5.74) is 0.0418. The van der Waals surface area contributed by atoms with Gasteiger partial charge in [-0.1, -0.05) is 0 Å². The quantitative estimate of drug-likeness (QED) is 0.643. The average molecular weight is 315 g/mol. The van der Waals surface area contributed by atoms with Gasteiger partial charge in [0.15, 0.2) is 4.90 Å². The molecule has 1 fully saturated rings. The van der Waals surface area contributed by atoms with Crippen molar-refractivity contribution in [3.8, 4) is 0 Å². The molecule has 1 unspecified atom stereocenters. The van der Waals surface area contributed by atoms with Crippen LogP contribution in [0.25, 0.3) is 0 Å². The molecular weight excluding hydrogens is 298 g/mol. The highest BCUT2D eigenvalue weighted by Gasteiger charge is 2.35. The van der Waals surface area contributed by atoms with Crippen LogP contribution in [0.5, 0.6) is 0 Å². The number of benzene rings is 1. The van der Waals surface area contributed by atoms with Crippen LogP contribution in [0.1, 0.15) is 6.42 Å². The smallest absolute Gasteiger partial charge is 0.291 e. The first kappa shape index (κ1) is 15.7. The first-order valence-corrected chi connectivity index (χ1v) is 7.84. The van der Waals surface area contributed by atoms with Crippen LogP contribution in [0.15, 0.2) is 23.1 Å². The van der Waals surface area contributed by atoms with Crippen LogP contribution in [0.4, 0.5) is 11.4 Å². The van der Waals surface area contributed by atoms with Crippen molar-refractivity contribution in [3.63, 3.8) is 0 Å². The molecule has 1 atom stereocenters. The predicted octanol–water partition coefficient (Wildman–Crippen LogP) is 1.05. The Kier molecular flexibility index (Phi) is 4.45. The van der Waals surface area contributed by atoms with Crippen molar-refractivity contribution in [2.75, 3.05) is 32.6 Å². The van der Waals surface area contributed by atoms with Crippen molar-refractivity contribution in [3.05, 3.63) is 28.3 Å². The van der Waals surface area contributed by atoms with E-state index in [-0.39, 0.29) is 10.9 Å². The Bertz CT molecular complexity index is 640. The summed E-state index contributed by atoms with van der Waals surface area (Å²) >= 11 is 0. The average Bonchev–Trinajstić information content (AvgIpc) is 2.99. The van der Waals surface area contributed by atoms with Crippen LogP contribution in [-0.2, 0) is 14.8 Å². The molecule has 21 heavy (non-hydrogen) atoms. The third-order valence-corrected chi connectivity index (χ3v) is 5.48.